The summed E-state index contributed by atoms with van der Waals surface area (Å²) in [5.41, 5.74) is 0. The average Bonchev–Trinajstić information content (AvgIpc) is 2.90. The van der Waals surface area contributed by atoms with Crippen LogP contribution in [0.15, 0.2) is 34.2 Å². The Morgan fingerprint density at radius 2 is 2.27 bits per heavy atom. The lowest BCUT2D eigenvalue weighted by Crippen LogP contribution is -2.36. The first-order valence-corrected chi connectivity index (χ1v) is 8.15. The van der Waals surface area contributed by atoms with Crippen molar-refractivity contribution in [1.29, 1.82) is 5.26 Å². The van der Waals surface area contributed by atoms with Gasteiger partial charge in [-0.1, -0.05) is 6.08 Å². The molecule has 0 unspecified atom stereocenters. The maximum atomic E-state index is 8.62. The lowest BCUT2D eigenvalue weighted by Gasteiger charge is -2.07. The molecule has 1 rings (SSSR count). The topological polar surface area (TPSA) is 76.6 Å². The summed E-state index contributed by atoms with van der Waals surface area (Å²) in [4.78, 5) is 6.22. The molecule has 1 heterocycles. The molecule has 2 N–H and O–H groups in total. The normalized spacial score (nSPS) is 11.3. The summed E-state index contributed by atoms with van der Waals surface area (Å²) >= 11 is 1.77. The second kappa shape index (κ2) is 10.8. The number of guanidine groups is 1. The van der Waals surface area contributed by atoms with E-state index in [0.717, 1.165) is 36.1 Å². The minimum atomic E-state index is 0.477. The lowest BCUT2D eigenvalue weighted by molar-refractivity contribution is 0.344. The molecular weight excluding hydrogens is 298 g/mol. The third-order valence-electron chi connectivity index (χ3n) is 2.53. The van der Waals surface area contributed by atoms with Crippen molar-refractivity contribution in [3.05, 3.63) is 36.3 Å². The molecule has 0 aromatic carbocycles. The standard InChI is InChI=1S/C15H23N5OS/c1-4-7-17-15(19-12-16)18-8-9-22-11-14-6-5-13(21-14)10-20(2)3/h4-6H,1,7-11H2,2-3H3,(H2,17,18,19). The molecule has 0 amide bonds. The second-order valence-electron chi connectivity index (χ2n) is 4.80. The highest BCUT2D eigenvalue weighted by Gasteiger charge is 2.03. The highest BCUT2D eigenvalue weighted by molar-refractivity contribution is 7.98. The van der Waals surface area contributed by atoms with E-state index in [1.54, 1.807) is 17.8 Å². The number of aliphatic imine (C=N–C) groups is 1. The predicted octanol–water partition coefficient (Wildman–Crippen LogP) is 1.78. The van der Waals surface area contributed by atoms with Crippen molar-refractivity contribution in [3.8, 4) is 6.19 Å². The van der Waals surface area contributed by atoms with E-state index in [0.29, 0.717) is 12.5 Å². The highest BCUT2D eigenvalue weighted by Crippen LogP contribution is 2.15. The number of hydrogen-bond donors (Lipinski definition) is 2. The molecule has 0 saturated heterocycles. The predicted molar refractivity (Wildman–Crippen MR) is 91.5 cm³/mol. The van der Waals surface area contributed by atoms with Gasteiger partial charge >= 0.3 is 0 Å². The van der Waals surface area contributed by atoms with Crippen molar-refractivity contribution in [2.75, 3.05) is 32.9 Å². The summed E-state index contributed by atoms with van der Waals surface area (Å²) in [5.74, 6) is 4.17. The van der Waals surface area contributed by atoms with Gasteiger partial charge in [-0.05, 0) is 26.2 Å². The van der Waals surface area contributed by atoms with Crippen molar-refractivity contribution in [2.24, 2.45) is 4.99 Å². The molecule has 0 aliphatic carbocycles. The summed E-state index contributed by atoms with van der Waals surface area (Å²) in [6, 6.07) is 4.04. The molecule has 1 aromatic rings. The van der Waals surface area contributed by atoms with Gasteiger partial charge in [-0.3, -0.25) is 5.32 Å². The number of rotatable bonds is 9. The van der Waals surface area contributed by atoms with Gasteiger partial charge in [0.1, 0.15) is 11.5 Å². The number of nitriles is 1. The molecular formula is C15H23N5OS. The van der Waals surface area contributed by atoms with Gasteiger partial charge in [0, 0.05) is 12.3 Å². The van der Waals surface area contributed by atoms with Crippen LogP contribution in [-0.4, -0.2) is 43.8 Å². The van der Waals surface area contributed by atoms with Crippen molar-refractivity contribution in [2.45, 2.75) is 12.3 Å². The van der Waals surface area contributed by atoms with Crippen LogP contribution in [0.5, 0.6) is 0 Å². The Morgan fingerprint density at radius 3 is 2.95 bits per heavy atom. The smallest absolute Gasteiger partial charge is 0.205 e. The minimum absolute atomic E-state index is 0.477. The second-order valence-corrected chi connectivity index (χ2v) is 5.91. The largest absolute Gasteiger partial charge is 0.464 e. The first kappa shape index (κ1) is 18.1. The maximum absolute atomic E-state index is 8.62. The molecule has 120 valence electrons. The number of hydrogen-bond acceptors (Lipinski definition) is 5. The van der Waals surface area contributed by atoms with Crippen LogP contribution in [0.1, 0.15) is 11.5 Å². The van der Waals surface area contributed by atoms with Gasteiger partial charge in [0.2, 0.25) is 5.96 Å². The lowest BCUT2D eigenvalue weighted by atomic mass is 10.4. The highest BCUT2D eigenvalue weighted by atomic mass is 32.2. The van der Waals surface area contributed by atoms with Crippen molar-refractivity contribution in [3.63, 3.8) is 0 Å². The molecule has 0 atom stereocenters. The van der Waals surface area contributed by atoms with Crippen LogP contribution in [0.25, 0.3) is 0 Å². The summed E-state index contributed by atoms with van der Waals surface area (Å²) < 4.78 is 5.74. The van der Waals surface area contributed by atoms with Gasteiger partial charge in [0.05, 0.1) is 18.8 Å². The van der Waals surface area contributed by atoms with Crippen LogP contribution in [0.2, 0.25) is 0 Å². The Kier molecular flexibility index (Phi) is 8.88. The Morgan fingerprint density at radius 1 is 1.50 bits per heavy atom. The molecule has 0 saturated carbocycles. The first-order valence-electron chi connectivity index (χ1n) is 7.00. The van der Waals surface area contributed by atoms with Crippen LogP contribution in [-0.2, 0) is 12.3 Å². The van der Waals surface area contributed by atoms with Crippen LogP contribution >= 0.6 is 11.8 Å². The van der Waals surface area contributed by atoms with E-state index in [4.69, 9.17) is 9.68 Å². The quantitative estimate of drug-likeness (QED) is 0.180. The SMILES string of the molecule is C=CC/N=C(\NC#N)NCCSCc1ccc(CN(C)C)o1. The molecule has 1 aromatic heterocycles. The van der Waals surface area contributed by atoms with E-state index in [-0.39, 0.29) is 0 Å². The van der Waals surface area contributed by atoms with E-state index < -0.39 is 0 Å². The van der Waals surface area contributed by atoms with Crippen LogP contribution in [0.4, 0.5) is 0 Å². The number of furan rings is 1. The molecule has 22 heavy (non-hydrogen) atoms. The van der Waals surface area contributed by atoms with Gasteiger partial charge in [0.15, 0.2) is 6.19 Å². The fraction of sp³-hybridized carbons (Fsp3) is 0.467. The zero-order valence-corrected chi connectivity index (χ0v) is 13.9. The van der Waals surface area contributed by atoms with Crippen LogP contribution in [0, 0.1) is 11.5 Å². The summed E-state index contributed by atoms with van der Waals surface area (Å²) in [7, 11) is 4.03. The Balaban J connectivity index is 2.23. The van der Waals surface area contributed by atoms with Gasteiger partial charge < -0.3 is 14.6 Å². The Hall–Kier alpha value is -1.91. The average molecular weight is 321 g/mol. The summed E-state index contributed by atoms with van der Waals surface area (Å²) in [6.07, 6.45) is 3.54. The molecule has 0 bridgehead atoms. The van der Waals surface area contributed by atoms with E-state index in [1.807, 2.05) is 32.4 Å². The van der Waals surface area contributed by atoms with Crippen molar-refractivity contribution in [1.82, 2.24) is 15.5 Å². The number of nitrogens with zero attached hydrogens (tertiary/aromatic N) is 3. The van der Waals surface area contributed by atoms with E-state index in [9.17, 15) is 0 Å². The maximum Gasteiger partial charge on any atom is 0.205 e. The van der Waals surface area contributed by atoms with Crippen LogP contribution < -0.4 is 10.6 Å². The third kappa shape index (κ3) is 7.76. The van der Waals surface area contributed by atoms with Gasteiger partial charge in [-0.25, -0.2) is 4.99 Å². The van der Waals surface area contributed by atoms with E-state index in [2.05, 4.69) is 27.1 Å². The first-order chi connectivity index (χ1) is 10.7. The zero-order valence-electron chi connectivity index (χ0n) is 13.1. The monoisotopic (exact) mass is 321 g/mol. The fourth-order valence-corrected chi connectivity index (χ4v) is 2.41. The van der Waals surface area contributed by atoms with E-state index >= 15 is 0 Å². The van der Waals surface area contributed by atoms with Crippen LogP contribution in [0.3, 0.4) is 0 Å². The molecule has 0 aliphatic rings. The summed E-state index contributed by atoms with van der Waals surface area (Å²) in [6.45, 7) is 5.61. The van der Waals surface area contributed by atoms with Gasteiger partial charge in [-0.2, -0.15) is 17.0 Å². The molecule has 0 radical (unpaired) electrons. The van der Waals surface area contributed by atoms with Crippen molar-refractivity contribution < 1.29 is 4.42 Å². The van der Waals surface area contributed by atoms with Crippen molar-refractivity contribution >= 4 is 17.7 Å². The van der Waals surface area contributed by atoms with Gasteiger partial charge in [-0.15, -0.1) is 6.58 Å². The third-order valence-corrected chi connectivity index (χ3v) is 3.51. The number of nitrogens with one attached hydrogen (secondary N) is 2. The molecule has 0 aliphatic heterocycles. The fourth-order valence-electron chi connectivity index (χ4n) is 1.66. The summed E-state index contributed by atoms with van der Waals surface area (Å²) in [5, 5.41) is 14.2. The zero-order chi connectivity index (χ0) is 16.2. The molecule has 0 fully saturated rings. The van der Waals surface area contributed by atoms with Gasteiger partial charge in [0.25, 0.3) is 0 Å². The minimum Gasteiger partial charge on any atom is -0.464 e. The Bertz CT molecular complexity index is 518. The molecule has 7 heteroatoms. The molecule has 0 spiro atoms. The number of thioether (sulfide) groups is 1. The molecule has 6 nitrogen and oxygen atoms in total. The Labute approximate surface area is 136 Å². The van der Waals surface area contributed by atoms with E-state index in [1.165, 1.54) is 0 Å².